The third-order valence-corrected chi connectivity index (χ3v) is 7.56. The summed E-state index contributed by atoms with van der Waals surface area (Å²) in [7, 11) is 0. The number of hydrogen-bond donors (Lipinski definition) is 4. The van der Waals surface area contributed by atoms with E-state index in [-0.39, 0.29) is 34.1 Å². The topological polar surface area (TPSA) is 305 Å². The Labute approximate surface area is 356 Å². The molecule has 0 aromatic carbocycles. The molecule has 1 aliphatic heterocycles. The van der Waals surface area contributed by atoms with Gasteiger partial charge in [0.05, 0.1) is 0 Å². The molecule has 332 valence electrons. The Kier molecular flexibility index (Phi) is 24.2. The maximum atomic E-state index is 10.5. The second-order valence-corrected chi connectivity index (χ2v) is 15.7. The molecule has 0 bridgehead atoms. The van der Waals surface area contributed by atoms with Gasteiger partial charge in [0.2, 0.25) is 18.7 Å². The number of cyclic esters (lactones) is 1. The molecule has 0 atom stereocenters. The number of hydrogen-bond acceptors (Lipinski definition) is 20. The SMILES string of the molecule is CC(C)C1=NCC(=O)O1.CC(C)c1nc(=S)o[nH]1.CC(C)c1ncn[nH]1.CC(C)c1ncon1.CC(C)c1nnco1.CC(C)c1noc(=O)[nH]1.CC(C)c1nsc(=O)[nH]1. The highest BCUT2D eigenvalue weighted by Crippen LogP contribution is 2.09. The van der Waals surface area contributed by atoms with Crippen molar-refractivity contribution in [3.63, 3.8) is 0 Å². The summed E-state index contributed by atoms with van der Waals surface area (Å²) in [6, 6.07) is 0. The van der Waals surface area contributed by atoms with E-state index in [0.29, 0.717) is 47.2 Å². The standard InChI is InChI=1S/C6H9NO2.C5H9N3.C5H8N2O2.2C5H8N2OS.2C5H8N2O/c1-4(2)6-7-3-5(8)9-6;1-4(2)5-6-3-7-8-5;2*1-3(2)4-6-5(8)9-7-4;1-3(2)4-6-5(9)8-7-4;1-4(2)5-7-6-3-8-5;1-4(2)5-6-3-8-7-5/h4H,3H2,1-2H3;3-4H,1-2H3,(H,6,7,8);2*3H,1-2H3,(H,6,7,8);3H,1-2H3,(H,6,7,9);2*3-4H,1-2H3. The molecule has 0 unspecified atom stereocenters. The largest absolute Gasteiger partial charge is 0.438 e. The molecular weight excluding hydrogens is 821 g/mol. The molecule has 0 saturated heterocycles. The van der Waals surface area contributed by atoms with E-state index in [1.807, 2.05) is 83.1 Å². The number of rotatable bonds is 7. The highest BCUT2D eigenvalue weighted by Gasteiger charge is 2.18. The van der Waals surface area contributed by atoms with E-state index in [1.54, 1.807) is 0 Å². The third-order valence-electron chi connectivity index (χ3n) is 6.83. The molecule has 60 heavy (non-hydrogen) atoms. The van der Waals surface area contributed by atoms with E-state index < -0.39 is 5.76 Å². The van der Waals surface area contributed by atoms with Gasteiger partial charge in [-0.2, -0.15) is 19.4 Å². The van der Waals surface area contributed by atoms with Gasteiger partial charge in [-0.3, -0.25) is 24.4 Å². The second-order valence-electron chi connectivity index (χ2n) is 14.6. The molecule has 0 saturated carbocycles. The quantitative estimate of drug-likeness (QED) is 0.0909. The minimum atomic E-state index is -0.487. The van der Waals surface area contributed by atoms with Gasteiger partial charge < -0.3 is 18.2 Å². The minimum Gasteiger partial charge on any atom is -0.428 e. The van der Waals surface area contributed by atoms with E-state index in [9.17, 15) is 14.4 Å². The smallest absolute Gasteiger partial charge is 0.428 e. The van der Waals surface area contributed by atoms with Gasteiger partial charge in [0.1, 0.15) is 30.3 Å². The van der Waals surface area contributed by atoms with Crippen molar-refractivity contribution >= 4 is 35.6 Å². The van der Waals surface area contributed by atoms with Gasteiger partial charge >= 0.3 is 21.4 Å². The lowest BCUT2D eigenvalue weighted by Gasteiger charge is -2.00. The predicted octanol–water partition coefficient (Wildman–Crippen LogP) is 7.21. The molecular formula is C36H58N14O8S2. The van der Waals surface area contributed by atoms with Crippen molar-refractivity contribution in [1.29, 1.82) is 0 Å². The maximum absolute atomic E-state index is 10.5. The molecule has 4 N–H and O–H groups in total. The summed E-state index contributed by atoms with van der Waals surface area (Å²) in [4.78, 5) is 52.1. The van der Waals surface area contributed by atoms with Crippen LogP contribution in [0.25, 0.3) is 0 Å². The average Bonchev–Trinajstić information content (AvgIpc) is 4.03. The first-order valence-electron chi connectivity index (χ1n) is 19.0. The molecule has 24 heteroatoms. The van der Waals surface area contributed by atoms with Gasteiger partial charge in [-0.25, -0.2) is 24.7 Å². The monoisotopic (exact) mass is 878 g/mol. The van der Waals surface area contributed by atoms with E-state index in [0.717, 1.165) is 34.8 Å². The summed E-state index contributed by atoms with van der Waals surface area (Å²) in [6.45, 7) is 28.1. The predicted molar refractivity (Wildman–Crippen MR) is 224 cm³/mol. The molecule has 0 radical (unpaired) electrons. The van der Waals surface area contributed by atoms with E-state index in [2.05, 4.69) is 105 Å². The summed E-state index contributed by atoms with van der Waals surface area (Å²) in [6.07, 6.45) is 4.21. The zero-order chi connectivity index (χ0) is 45.4. The molecule has 0 amide bonds. The van der Waals surface area contributed by atoms with Crippen LogP contribution in [0.15, 0.2) is 51.7 Å². The van der Waals surface area contributed by atoms with Crippen molar-refractivity contribution in [2.24, 2.45) is 10.9 Å². The number of aromatic amines is 4. The Morgan fingerprint density at radius 1 is 0.717 bits per heavy atom. The van der Waals surface area contributed by atoms with Crippen molar-refractivity contribution in [3.8, 4) is 0 Å². The van der Waals surface area contributed by atoms with Gasteiger partial charge in [-0.05, 0) is 12.2 Å². The molecule has 7 heterocycles. The number of aliphatic imine (C=N–C) groups is 1. The fourth-order valence-corrected chi connectivity index (χ4v) is 4.18. The van der Waals surface area contributed by atoms with Crippen LogP contribution < -0.4 is 10.6 Å². The van der Waals surface area contributed by atoms with Crippen LogP contribution in [0.5, 0.6) is 0 Å². The second kappa shape index (κ2) is 27.8. The Balaban J connectivity index is 0.000000350. The third kappa shape index (κ3) is 21.8. The summed E-state index contributed by atoms with van der Waals surface area (Å²) < 4.78 is 27.0. The van der Waals surface area contributed by atoms with E-state index >= 15 is 0 Å². The lowest BCUT2D eigenvalue weighted by Crippen LogP contribution is -2.09. The van der Waals surface area contributed by atoms with Crippen LogP contribution in [0.2, 0.25) is 0 Å². The number of carbonyl (C=O) groups is 1. The number of nitrogens with zero attached hydrogens (tertiary/aromatic N) is 10. The van der Waals surface area contributed by atoms with Gasteiger partial charge in [0.25, 0.3) is 0 Å². The number of aromatic nitrogens is 13. The molecule has 7 rings (SSSR count). The number of H-pyrrole nitrogens is 4. The van der Waals surface area contributed by atoms with Crippen LogP contribution >= 0.6 is 23.8 Å². The van der Waals surface area contributed by atoms with E-state index in [1.165, 1.54) is 19.1 Å². The molecule has 6 aromatic rings. The van der Waals surface area contributed by atoms with Gasteiger partial charge in [0, 0.05) is 53.0 Å². The minimum absolute atomic E-state index is 0.0706. The summed E-state index contributed by atoms with van der Waals surface area (Å²) in [5.74, 6) is 6.74. The van der Waals surface area contributed by atoms with Crippen molar-refractivity contribution in [3.05, 3.63) is 79.2 Å². The summed E-state index contributed by atoms with van der Waals surface area (Å²) >= 11 is 5.61. The number of esters is 1. The van der Waals surface area contributed by atoms with E-state index in [4.69, 9.17) is 13.7 Å². The maximum Gasteiger partial charge on any atom is 0.438 e. The Bertz CT molecular complexity index is 1960. The van der Waals surface area contributed by atoms with Gasteiger partial charge in [-0.1, -0.05) is 107 Å². The number of nitrogens with one attached hydrogen (secondary N) is 4. The van der Waals surface area contributed by atoms with Crippen LogP contribution in [0, 0.1) is 10.8 Å². The molecule has 1 aliphatic rings. The van der Waals surface area contributed by atoms with Crippen molar-refractivity contribution < 1.29 is 27.5 Å². The van der Waals surface area contributed by atoms with Crippen LogP contribution in [0.4, 0.5) is 0 Å². The number of ether oxygens (including phenoxy) is 1. The first-order valence-corrected chi connectivity index (χ1v) is 20.2. The Hall–Kier alpha value is -5.78. The lowest BCUT2D eigenvalue weighted by molar-refractivity contribution is -0.132. The van der Waals surface area contributed by atoms with Crippen molar-refractivity contribution in [1.82, 2.24) is 65.2 Å². The van der Waals surface area contributed by atoms with Crippen LogP contribution in [-0.4, -0.2) is 83.6 Å². The zero-order valence-electron chi connectivity index (χ0n) is 36.5. The van der Waals surface area contributed by atoms with Crippen molar-refractivity contribution in [2.45, 2.75) is 132 Å². The zero-order valence-corrected chi connectivity index (χ0v) is 38.2. The average molecular weight is 879 g/mol. The summed E-state index contributed by atoms with van der Waals surface area (Å²) in [5, 5.41) is 23.4. The highest BCUT2D eigenvalue weighted by molar-refractivity contribution is 7.71. The summed E-state index contributed by atoms with van der Waals surface area (Å²) in [5.41, 5.74) is 0. The highest BCUT2D eigenvalue weighted by atomic mass is 32.1. The lowest BCUT2D eigenvalue weighted by atomic mass is 10.2. The molecule has 6 aromatic heterocycles. The first-order chi connectivity index (χ1) is 28.2. The molecule has 0 aliphatic carbocycles. The fraction of sp³-hybridized carbons (Fsp3) is 0.611. The van der Waals surface area contributed by atoms with Crippen molar-refractivity contribution in [2.75, 3.05) is 6.54 Å². The van der Waals surface area contributed by atoms with Crippen LogP contribution in [0.1, 0.15) is 167 Å². The number of carbonyl (C=O) groups excluding carboxylic acids is 1. The fourth-order valence-electron chi connectivity index (χ4n) is 3.45. The molecule has 22 nitrogen and oxygen atoms in total. The van der Waals surface area contributed by atoms with Gasteiger partial charge in [0.15, 0.2) is 17.5 Å². The molecule has 0 spiro atoms. The first kappa shape index (κ1) is 52.2. The van der Waals surface area contributed by atoms with Gasteiger partial charge in [-0.15, -0.1) is 10.2 Å². The van der Waals surface area contributed by atoms with Crippen LogP contribution in [-0.2, 0) is 9.53 Å². The Morgan fingerprint density at radius 2 is 1.37 bits per heavy atom. The molecule has 0 fully saturated rings. The Morgan fingerprint density at radius 3 is 1.60 bits per heavy atom. The van der Waals surface area contributed by atoms with Crippen LogP contribution in [0.3, 0.4) is 0 Å². The normalized spacial score (nSPS) is 11.6.